The van der Waals surface area contributed by atoms with Crippen LogP contribution in [-0.4, -0.2) is 37.1 Å². The monoisotopic (exact) mass is 748 g/mol. The van der Waals surface area contributed by atoms with E-state index in [1.807, 2.05) is 0 Å². The molecule has 4 saturated carbocycles. The predicted molar refractivity (Wildman–Crippen MR) is 210 cm³/mol. The molecule has 0 radical (unpaired) electrons. The van der Waals surface area contributed by atoms with Crippen molar-refractivity contribution in [2.45, 2.75) is 155 Å². The average Bonchev–Trinajstić information content (AvgIpc) is 3.21. The third kappa shape index (κ3) is 12.4. The molecule has 4 aliphatic carbocycles. The van der Waals surface area contributed by atoms with Gasteiger partial charge in [-0.3, -0.25) is 9.59 Å². The minimum absolute atomic E-state index is 0.00420. The second-order valence-electron chi connectivity index (χ2n) is 17.1. The highest BCUT2D eigenvalue weighted by molar-refractivity contribution is 5.94. The number of hydrogen-bond acceptors (Lipinski definition) is 8. The van der Waals surface area contributed by atoms with Gasteiger partial charge in [-0.15, -0.1) is 0 Å². The summed E-state index contributed by atoms with van der Waals surface area (Å²) in [5, 5.41) is 0. The Morgan fingerprint density at radius 1 is 0.611 bits per heavy atom. The van der Waals surface area contributed by atoms with Gasteiger partial charge in [0.15, 0.2) is 0 Å². The summed E-state index contributed by atoms with van der Waals surface area (Å²) in [6, 6.07) is 4.53. The first-order valence-electron chi connectivity index (χ1n) is 21.8. The molecule has 54 heavy (non-hydrogen) atoms. The second-order valence-corrected chi connectivity index (χ2v) is 17.1. The number of carbonyl (C=O) groups is 4. The maximum atomic E-state index is 13.5. The van der Waals surface area contributed by atoms with Crippen LogP contribution in [0.4, 0.5) is 0 Å². The Labute approximate surface area is 324 Å². The predicted octanol–water partition coefficient (Wildman–Crippen LogP) is 11.0. The molecular weight excluding hydrogens is 680 g/mol. The van der Waals surface area contributed by atoms with Crippen LogP contribution in [0.25, 0.3) is 0 Å². The molecule has 0 heterocycles. The lowest BCUT2D eigenvalue weighted by atomic mass is 9.68. The molecular formula is C46H68O8. The smallest absolute Gasteiger partial charge is 0.342 e. The first-order valence-corrected chi connectivity index (χ1v) is 21.8. The van der Waals surface area contributed by atoms with E-state index in [4.69, 9.17) is 18.9 Å². The number of ether oxygens (including phenoxy) is 4. The van der Waals surface area contributed by atoms with E-state index in [0.717, 1.165) is 81.1 Å². The van der Waals surface area contributed by atoms with Gasteiger partial charge in [0.05, 0.1) is 11.8 Å². The van der Waals surface area contributed by atoms with E-state index in [9.17, 15) is 19.2 Å². The summed E-state index contributed by atoms with van der Waals surface area (Å²) in [7, 11) is 0. The third-order valence-electron chi connectivity index (χ3n) is 13.6. The van der Waals surface area contributed by atoms with Crippen LogP contribution >= 0.6 is 0 Å². The van der Waals surface area contributed by atoms with E-state index < -0.39 is 11.9 Å². The lowest BCUT2D eigenvalue weighted by Crippen LogP contribution is -2.30. The van der Waals surface area contributed by atoms with Gasteiger partial charge in [0.1, 0.15) is 30.3 Å². The molecule has 1 aromatic rings. The molecule has 1 aromatic carbocycles. The fourth-order valence-corrected chi connectivity index (χ4v) is 10.2. The van der Waals surface area contributed by atoms with Crippen LogP contribution in [0, 0.1) is 47.3 Å². The van der Waals surface area contributed by atoms with E-state index >= 15 is 0 Å². The Balaban J connectivity index is 1.14. The molecule has 4 aliphatic rings. The standard InChI is InChI=1S/C46H68O8/c1-4-7-9-32-11-15-34(16-12-32)36-19-23-38(24-20-36)44(48)53-40-27-28-42(41(31-40)46(50)52-30-29-51-43(47)6-3)54-45(49)39-25-21-37(22-26-39)35-17-13-33(14-18-35)10-8-5-2/h6,27-28,31-39H,3-5,7-26,29-30H2,1-2H3. The van der Waals surface area contributed by atoms with E-state index in [2.05, 4.69) is 20.4 Å². The van der Waals surface area contributed by atoms with E-state index in [-0.39, 0.29) is 54.1 Å². The largest absolute Gasteiger partial charge is 0.459 e. The maximum absolute atomic E-state index is 13.5. The van der Waals surface area contributed by atoms with Crippen molar-refractivity contribution in [1.82, 2.24) is 0 Å². The summed E-state index contributed by atoms with van der Waals surface area (Å²) in [4.78, 5) is 51.6. The lowest BCUT2D eigenvalue weighted by Gasteiger charge is -2.37. The Kier molecular flexibility index (Phi) is 17.0. The van der Waals surface area contributed by atoms with E-state index in [1.165, 1.54) is 102 Å². The highest BCUT2D eigenvalue weighted by Gasteiger charge is 2.36. The first kappa shape index (κ1) is 42.0. The van der Waals surface area contributed by atoms with Gasteiger partial charge in [0.2, 0.25) is 0 Å². The Morgan fingerprint density at radius 2 is 1.06 bits per heavy atom. The summed E-state index contributed by atoms with van der Waals surface area (Å²) < 4.78 is 22.1. The number of unbranched alkanes of at least 4 members (excludes halogenated alkanes) is 2. The van der Waals surface area contributed by atoms with Crippen molar-refractivity contribution in [2.75, 3.05) is 13.2 Å². The highest BCUT2D eigenvalue weighted by atomic mass is 16.6. The summed E-state index contributed by atoms with van der Waals surface area (Å²) >= 11 is 0. The second kappa shape index (κ2) is 21.8. The van der Waals surface area contributed by atoms with E-state index in [1.54, 1.807) is 6.07 Å². The zero-order valence-electron chi connectivity index (χ0n) is 33.4. The Morgan fingerprint density at radius 3 is 1.52 bits per heavy atom. The Bertz CT molecular complexity index is 1350. The van der Waals surface area contributed by atoms with Gasteiger partial charge in [0.25, 0.3) is 0 Å². The number of carbonyl (C=O) groups excluding carboxylic acids is 4. The van der Waals surface area contributed by atoms with Crippen LogP contribution in [0.5, 0.6) is 11.5 Å². The highest BCUT2D eigenvalue weighted by Crippen LogP contribution is 2.44. The molecule has 300 valence electrons. The maximum Gasteiger partial charge on any atom is 0.342 e. The normalized spacial score (nSPS) is 28.7. The molecule has 5 rings (SSSR count). The zero-order valence-corrected chi connectivity index (χ0v) is 33.4. The molecule has 0 amide bonds. The number of esters is 4. The third-order valence-corrected chi connectivity index (χ3v) is 13.6. The number of rotatable bonds is 17. The van der Waals surface area contributed by atoms with Crippen LogP contribution in [0.15, 0.2) is 30.9 Å². The summed E-state index contributed by atoms with van der Waals surface area (Å²) in [5.41, 5.74) is -0.00420. The van der Waals surface area contributed by atoms with Crippen LogP contribution in [0.3, 0.4) is 0 Å². The SMILES string of the molecule is C=CC(=O)OCCOC(=O)c1cc(OC(=O)C2CCC(C3CCC(CCCC)CC3)CC2)ccc1OC(=O)C1CCC(C2CCC(CCCC)CC2)CC1. The minimum atomic E-state index is -0.756. The molecule has 0 atom stereocenters. The number of hydrogen-bond donors (Lipinski definition) is 0. The molecule has 0 bridgehead atoms. The van der Waals surface area contributed by atoms with Gasteiger partial charge in [-0.2, -0.15) is 0 Å². The molecule has 0 aromatic heterocycles. The summed E-state index contributed by atoms with van der Waals surface area (Å²) in [6.45, 7) is 7.57. The van der Waals surface area contributed by atoms with Crippen molar-refractivity contribution >= 4 is 23.9 Å². The molecule has 0 unspecified atom stereocenters. The molecule has 0 saturated heterocycles. The van der Waals surface area contributed by atoms with Gasteiger partial charge in [-0.05, 0) is 131 Å². The van der Waals surface area contributed by atoms with Crippen LogP contribution in [0.1, 0.15) is 165 Å². The molecule has 8 heteroatoms. The van der Waals surface area contributed by atoms with Crippen molar-refractivity contribution in [3.63, 3.8) is 0 Å². The van der Waals surface area contributed by atoms with Crippen LogP contribution in [-0.2, 0) is 23.9 Å². The van der Waals surface area contributed by atoms with Crippen LogP contribution in [0.2, 0.25) is 0 Å². The van der Waals surface area contributed by atoms with Crippen molar-refractivity contribution in [2.24, 2.45) is 47.3 Å². The lowest BCUT2D eigenvalue weighted by molar-refractivity contribution is -0.141. The molecule has 0 aliphatic heterocycles. The zero-order chi connectivity index (χ0) is 38.3. The molecule has 4 fully saturated rings. The quantitative estimate of drug-likeness (QED) is 0.0671. The van der Waals surface area contributed by atoms with Gasteiger partial charge >= 0.3 is 23.9 Å². The summed E-state index contributed by atoms with van der Waals surface area (Å²) in [6.07, 6.45) is 27.0. The molecule has 0 N–H and O–H groups in total. The Hall–Kier alpha value is -3.16. The fraction of sp³-hybridized carbons (Fsp3) is 0.739. The van der Waals surface area contributed by atoms with Gasteiger partial charge in [-0.25, -0.2) is 9.59 Å². The van der Waals surface area contributed by atoms with E-state index in [0.29, 0.717) is 11.8 Å². The fourth-order valence-electron chi connectivity index (χ4n) is 10.2. The molecule has 0 spiro atoms. The summed E-state index contributed by atoms with van der Waals surface area (Å²) in [5.74, 6) is 2.55. The van der Waals surface area contributed by atoms with Crippen molar-refractivity contribution in [3.8, 4) is 11.5 Å². The van der Waals surface area contributed by atoms with Gasteiger partial charge in [-0.1, -0.05) is 84.6 Å². The average molecular weight is 749 g/mol. The van der Waals surface area contributed by atoms with Gasteiger partial charge in [0, 0.05) is 6.08 Å². The molecule has 8 nitrogen and oxygen atoms in total. The van der Waals surface area contributed by atoms with Crippen LogP contribution < -0.4 is 9.47 Å². The minimum Gasteiger partial charge on any atom is -0.459 e. The number of benzene rings is 1. The first-order chi connectivity index (χ1) is 26.3. The topological polar surface area (TPSA) is 105 Å². The van der Waals surface area contributed by atoms with Crippen molar-refractivity contribution in [3.05, 3.63) is 36.4 Å². The van der Waals surface area contributed by atoms with Crippen molar-refractivity contribution in [1.29, 1.82) is 0 Å². The van der Waals surface area contributed by atoms with Crippen molar-refractivity contribution < 1.29 is 38.1 Å². The van der Waals surface area contributed by atoms with Gasteiger partial charge < -0.3 is 18.9 Å².